The molecule has 0 aliphatic rings. The molecule has 4 rings (SSSR count). The summed E-state index contributed by atoms with van der Waals surface area (Å²) in [6.07, 6.45) is 4.15. The first kappa shape index (κ1) is 19.6. The Balaban J connectivity index is 1.59. The van der Waals surface area contributed by atoms with Gasteiger partial charge in [0.2, 0.25) is 11.8 Å². The highest BCUT2D eigenvalue weighted by Gasteiger charge is 2.26. The van der Waals surface area contributed by atoms with Crippen molar-refractivity contribution in [2.45, 2.75) is 27.2 Å². The number of anilines is 1. The van der Waals surface area contributed by atoms with Crippen molar-refractivity contribution < 1.29 is 9.21 Å². The van der Waals surface area contributed by atoms with Gasteiger partial charge in [0.25, 0.3) is 0 Å². The van der Waals surface area contributed by atoms with Crippen LogP contribution >= 0.6 is 0 Å². The molecule has 6 heteroatoms. The molecule has 2 heterocycles. The smallest absolute Gasteiger partial charge is 0.231 e. The van der Waals surface area contributed by atoms with Crippen LogP contribution in [0.4, 0.5) is 5.69 Å². The van der Waals surface area contributed by atoms with Crippen LogP contribution in [-0.4, -0.2) is 21.1 Å². The van der Waals surface area contributed by atoms with Crippen LogP contribution in [0.3, 0.4) is 0 Å². The van der Waals surface area contributed by atoms with Crippen LogP contribution in [0.1, 0.15) is 25.8 Å². The summed E-state index contributed by atoms with van der Waals surface area (Å²) in [5, 5.41) is 10.2. The molecular weight excluding hydrogens is 376 g/mol. The molecule has 2 aromatic carbocycles. The van der Waals surface area contributed by atoms with Gasteiger partial charge in [0, 0.05) is 22.9 Å². The zero-order valence-corrected chi connectivity index (χ0v) is 17.3. The third-order valence-electron chi connectivity index (χ3n) is 5.10. The molecule has 0 unspecified atom stereocenters. The molecule has 30 heavy (non-hydrogen) atoms. The third-order valence-corrected chi connectivity index (χ3v) is 5.10. The lowest BCUT2D eigenvalue weighted by Gasteiger charge is -2.21. The van der Waals surface area contributed by atoms with E-state index < -0.39 is 5.41 Å². The number of hydrogen-bond acceptors (Lipinski definition) is 4. The molecule has 152 valence electrons. The maximum Gasteiger partial charge on any atom is 0.231 e. The number of carbonyl (C=O) groups excluding carboxylic acids is 1. The fourth-order valence-corrected chi connectivity index (χ4v) is 3.29. The van der Waals surface area contributed by atoms with Crippen molar-refractivity contribution >= 4 is 22.7 Å². The molecule has 0 radical (unpaired) electrons. The fourth-order valence-electron chi connectivity index (χ4n) is 3.29. The molecule has 0 aliphatic carbocycles. The maximum absolute atomic E-state index is 12.5. The molecule has 0 fully saturated rings. The zero-order chi connectivity index (χ0) is 21.3. The Morgan fingerprint density at radius 2 is 2.00 bits per heavy atom. The molecule has 2 aromatic heterocycles. The molecular formula is C24H24N4O2. The van der Waals surface area contributed by atoms with Crippen molar-refractivity contribution in [3.05, 3.63) is 66.9 Å². The Hall–Kier alpha value is -3.67. The highest BCUT2D eigenvalue weighted by molar-refractivity contribution is 5.95. The topological polar surface area (TPSA) is 83.8 Å². The summed E-state index contributed by atoms with van der Waals surface area (Å²) in [7, 11) is 0. The average Bonchev–Trinajstić information content (AvgIpc) is 3.34. The van der Waals surface area contributed by atoms with E-state index in [1.165, 1.54) is 0 Å². The lowest BCUT2D eigenvalue weighted by atomic mass is 9.88. The second kappa shape index (κ2) is 7.63. The van der Waals surface area contributed by atoms with Crippen molar-refractivity contribution in [3.63, 3.8) is 0 Å². The Labute approximate surface area is 175 Å². The van der Waals surface area contributed by atoms with Crippen LogP contribution < -0.4 is 5.32 Å². The van der Waals surface area contributed by atoms with E-state index in [9.17, 15) is 4.79 Å². The SMILES string of the molecule is C=CCC(C)(C)C(=O)Nc1ccc(-c2n[nH]cc2-c2nc3ccc(C)cc3o2)cc1. The van der Waals surface area contributed by atoms with E-state index in [1.807, 2.05) is 63.2 Å². The number of benzene rings is 2. The Morgan fingerprint density at radius 3 is 2.73 bits per heavy atom. The summed E-state index contributed by atoms with van der Waals surface area (Å²) in [5.41, 5.74) is 5.31. The second-order valence-corrected chi connectivity index (χ2v) is 8.05. The highest BCUT2D eigenvalue weighted by atomic mass is 16.3. The molecule has 4 aromatic rings. The van der Waals surface area contributed by atoms with Crippen molar-refractivity contribution in [1.29, 1.82) is 0 Å². The van der Waals surface area contributed by atoms with E-state index >= 15 is 0 Å². The molecule has 0 bridgehead atoms. The number of aromatic amines is 1. The van der Waals surface area contributed by atoms with E-state index in [0.717, 1.165) is 39.2 Å². The summed E-state index contributed by atoms with van der Waals surface area (Å²) in [6.45, 7) is 9.54. The second-order valence-electron chi connectivity index (χ2n) is 8.05. The van der Waals surface area contributed by atoms with Crippen LogP contribution in [0.5, 0.6) is 0 Å². The van der Waals surface area contributed by atoms with E-state index in [1.54, 1.807) is 12.3 Å². The molecule has 2 N–H and O–H groups in total. The average molecular weight is 400 g/mol. The van der Waals surface area contributed by atoms with Crippen molar-refractivity contribution in [2.24, 2.45) is 5.41 Å². The number of allylic oxidation sites excluding steroid dienone is 1. The molecule has 0 spiro atoms. The predicted molar refractivity (Wildman–Crippen MR) is 119 cm³/mol. The number of fused-ring (bicyclic) bond motifs is 1. The first-order valence-electron chi connectivity index (χ1n) is 9.81. The van der Waals surface area contributed by atoms with Gasteiger partial charge >= 0.3 is 0 Å². The zero-order valence-electron chi connectivity index (χ0n) is 17.3. The fraction of sp³-hybridized carbons (Fsp3) is 0.208. The Kier molecular flexibility index (Phi) is 4.99. The molecule has 0 aliphatic heterocycles. The van der Waals surface area contributed by atoms with E-state index in [2.05, 4.69) is 27.1 Å². The van der Waals surface area contributed by atoms with Gasteiger partial charge in [-0.3, -0.25) is 9.89 Å². The normalized spacial score (nSPS) is 11.6. The number of H-pyrrole nitrogens is 1. The first-order chi connectivity index (χ1) is 14.4. The number of carbonyl (C=O) groups is 1. The number of oxazole rings is 1. The molecule has 0 atom stereocenters. The number of rotatable bonds is 6. The van der Waals surface area contributed by atoms with Crippen molar-refractivity contribution in [1.82, 2.24) is 15.2 Å². The summed E-state index contributed by atoms with van der Waals surface area (Å²) >= 11 is 0. The van der Waals surface area contributed by atoms with Crippen LogP contribution in [0.2, 0.25) is 0 Å². The number of hydrogen-bond donors (Lipinski definition) is 2. The van der Waals surface area contributed by atoms with Crippen LogP contribution in [0.15, 0.2) is 65.7 Å². The van der Waals surface area contributed by atoms with Gasteiger partial charge in [-0.2, -0.15) is 5.10 Å². The summed E-state index contributed by atoms with van der Waals surface area (Å²) in [4.78, 5) is 17.1. The van der Waals surface area contributed by atoms with Gasteiger partial charge in [-0.25, -0.2) is 4.98 Å². The van der Waals surface area contributed by atoms with Crippen molar-refractivity contribution in [2.75, 3.05) is 5.32 Å². The highest BCUT2D eigenvalue weighted by Crippen LogP contribution is 2.32. The monoisotopic (exact) mass is 400 g/mol. The van der Waals surface area contributed by atoms with Gasteiger partial charge in [0.1, 0.15) is 11.2 Å². The van der Waals surface area contributed by atoms with Crippen LogP contribution in [-0.2, 0) is 4.79 Å². The minimum absolute atomic E-state index is 0.0441. The quantitative estimate of drug-likeness (QED) is 0.405. The van der Waals surface area contributed by atoms with Gasteiger partial charge in [0.15, 0.2) is 5.58 Å². The van der Waals surface area contributed by atoms with E-state index in [0.29, 0.717) is 12.3 Å². The van der Waals surface area contributed by atoms with Gasteiger partial charge in [-0.05, 0) is 43.2 Å². The summed E-state index contributed by atoms with van der Waals surface area (Å²) < 4.78 is 5.96. The Bertz CT molecular complexity index is 1220. The van der Waals surface area contributed by atoms with Gasteiger partial charge < -0.3 is 9.73 Å². The minimum Gasteiger partial charge on any atom is -0.436 e. The standard InChI is InChI=1S/C24H24N4O2/c1-5-12-24(3,4)23(29)26-17-9-7-16(8-10-17)21-18(14-25-28-21)22-27-19-11-6-15(2)13-20(19)30-22/h5-11,13-14H,1,12H2,2-4H3,(H,25,28)(H,26,29). The summed E-state index contributed by atoms with van der Waals surface area (Å²) in [5.74, 6) is 0.472. The third kappa shape index (κ3) is 3.76. The van der Waals surface area contributed by atoms with Gasteiger partial charge in [-0.15, -0.1) is 6.58 Å². The van der Waals surface area contributed by atoms with Gasteiger partial charge in [-0.1, -0.05) is 38.1 Å². The van der Waals surface area contributed by atoms with E-state index in [4.69, 9.17) is 4.42 Å². The molecule has 1 amide bonds. The number of aromatic nitrogens is 3. The lowest BCUT2D eigenvalue weighted by molar-refractivity contribution is -0.123. The number of amides is 1. The lowest BCUT2D eigenvalue weighted by Crippen LogP contribution is -2.30. The molecule has 0 saturated heterocycles. The van der Waals surface area contributed by atoms with Crippen LogP contribution in [0.25, 0.3) is 33.8 Å². The Morgan fingerprint density at radius 1 is 1.23 bits per heavy atom. The van der Waals surface area contributed by atoms with Crippen molar-refractivity contribution in [3.8, 4) is 22.7 Å². The number of nitrogens with one attached hydrogen (secondary N) is 2. The largest absolute Gasteiger partial charge is 0.436 e. The first-order valence-corrected chi connectivity index (χ1v) is 9.81. The minimum atomic E-state index is -0.513. The number of nitrogens with zero attached hydrogens (tertiary/aromatic N) is 2. The molecule has 6 nitrogen and oxygen atoms in total. The predicted octanol–water partition coefficient (Wildman–Crippen LogP) is 5.73. The van der Waals surface area contributed by atoms with Crippen LogP contribution in [0, 0.1) is 12.3 Å². The maximum atomic E-state index is 12.5. The molecule has 0 saturated carbocycles. The number of aryl methyl sites for hydroxylation is 1. The summed E-state index contributed by atoms with van der Waals surface area (Å²) in [6, 6.07) is 13.5. The van der Waals surface area contributed by atoms with E-state index in [-0.39, 0.29) is 5.91 Å². The van der Waals surface area contributed by atoms with Gasteiger partial charge in [0.05, 0.1) is 5.56 Å².